The largest absolute Gasteiger partial charge is 0.411 e. The van der Waals surface area contributed by atoms with E-state index in [1.54, 1.807) is 0 Å². The van der Waals surface area contributed by atoms with Crippen LogP contribution < -0.4 is 0 Å². The Morgan fingerprint density at radius 2 is 1.38 bits per heavy atom. The standard InChI is InChI=1S/C21H40OSi4/c1-19-15-14-18-26(24(5,6)7,25(8,9)10)21(19,22-23(2,3)4)20-16-12-11-13-17-20/h11-17,19H,18H2,1-10H3/t19-,21+/m0/s1. The Labute approximate surface area is 166 Å². The van der Waals surface area contributed by atoms with Gasteiger partial charge in [-0.2, -0.15) is 0 Å². The molecule has 0 spiro atoms. The van der Waals surface area contributed by atoms with Crippen LogP contribution in [0.25, 0.3) is 0 Å². The van der Waals surface area contributed by atoms with E-state index in [-0.39, 0.29) is 5.22 Å². The summed E-state index contributed by atoms with van der Waals surface area (Å²) in [4.78, 5) is 0. The lowest BCUT2D eigenvalue weighted by Gasteiger charge is -2.65. The Kier molecular flexibility index (Phi) is 5.94. The molecule has 0 unspecified atom stereocenters. The predicted molar refractivity (Wildman–Crippen MR) is 128 cm³/mol. The second kappa shape index (κ2) is 6.99. The molecule has 1 nitrogen and oxygen atoms in total. The Hall–Kier alpha value is -0.212. The van der Waals surface area contributed by atoms with Gasteiger partial charge in [0.2, 0.25) is 0 Å². The van der Waals surface area contributed by atoms with Crippen molar-refractivity contribution in [2.24, 2.45) is 5.92 Å². The van der Waals surface area contributed by atoms with Gasteiger partial charge in [-0.25, -0.2) is 0 Å². The van der Waals surface area contributed by atoms with Crippen LogP contribution in [0, 0.1) is 5.92 Å². The zero-order valence-corrected chi connectivity index (χ0v) is 22.7. The summed E-state index contributed by atoms with van der Waals surface area (Å²) in [5.41, 5.74) is 1.47. The van der Waals surface area contributed by atoms with Crippen molar-refractivity contribution in [2.45, 2.75) is 77.1 Å². The summed E-state index contributed by atoms with van der Waals surface area (Å²) in [7, 11) is -6.43. The van der Waals surface area contributed by atoms with Gasteiger partial charge in [0.25, 0.3) is 0 Å². The van der Waals surface area contributed by atoms with Crippen molar-refractivity contribution in [1.82, 2.24) is 0 Å². The first-order valence-corrected chi connectivity index (χ1v) is 24.7. The highest BCUT2D eigenvalue weighted by atomic mass is 29.6. The normalized spacial score (nSPS) is 26.8. The van der Waals surface area contributed by atoms with Gasteiger partial charge < -0.3 is 4.43 Å². The van der Waals surface area contributed by atoms with Gasteiger partial charge in [-0.05, 0) is 31.2 Å². The van der Waals surface area contributed by atoms with Crippen LogP contribution in [0.2, 0.25) is 65.0 Å². The molecule has 0 radical (unpaired) electrons. The third-order valence-electron chi connectivity index (χ3n) is 6.35. The Bertz CT molecular complexity index is 635. The van der Waals surface area contributed by atoms with Crippen molar-refractivity contribution in [3.05, 3.63) is 48.0 Å². The van der Waals surface area contributed by atoms with E-state index >= 15 is 0 Å². The van der Waals surface area contributed by atoms with Crippen molar-refractivity contribution < 1.29 is 4.43 Å². The van der Waals surface area contributed by atoms with Gasteiger partial charge in [-0.15, -0.1) is 0 Å². The van der Waals surface area contributed by atoms with Crippen LogP contribution in [0.5, 0.6) is 0 Å². The van der Waals surface area contributed by atoms with Gasteiger partial charge in [0, 0.05) is 21.1 Å². The minimum atomic E-state index is -1.78. The number of benzene rings is 1. The van der Waals surface area contributed by atoms with E-state index in [0.29, 0.717) is 5.92 Å². The minimum absolute atomic E-state index is 0.0670. The molecule has 1 heterocycles. The van der Waals surface area contributed by atoms with Gasteiger partial charge >= 0.3 is 0 Å². The molecule has 0 aromatic heterocycles. The summed E-state index contributed by atoms with van der Waals surface area (Å²) in [5, 5.41) is -0.0670. The highest BCUT2D eigenvalue weighted by molar-refractivity contribution is 7.69. The van der Waals surface area contributed by atoms with Crippen molar-refractivity contribution in [2.75, 3.05) is 0 Å². The monoisotopic (exact) mass is 420 g/mol. The van der Waals surface area contributed by atoms with Gasteiger partial charge in [-0.1, -0.05) is 88.7 Å². The number of rotatable bonds is 5. The van der Waals surface area contributed by atoms with Crippen LogP contribution in [0.15, 0.2) is 42.5 Å². The summed E-state index contributed by atoms with van der Waals surface area (Å²) in [6.45, 7) is 25.5. The average Bonchev–Trinajstić information content (AvgIpc) is 2.46. The molecule has 1 aromatic carbocycles. The van der Waals surface area contributed by atoms with E-state index in [2.05, 4.69) is 108 Å². The van der Waals surface area contributed by atoms with Crippen LogP contribution in [0.4, 0.5) is 0 Å². The average molecular weight is 421 g/mol. The van der Waals surface area contributed by atoms with E-state index in [1.165, 1.54) is 11.6 Å². The molecule has 0 fully saturated rings. The van der Waals surface area contributed by atoms with Crippen molar-refractivity contribution >= 4 is 30.6 Å². The second-order valence-electron chi connectivity index (χ2n) is 11.1. The fourth-order valence-corrected chi connectivity index (χ4v) is 58.0. The highest BCUT2D eigenvalue weighted by Gasteiger charge is 2.69. The molecule has 0 amide bonds. The Balaban J connectivity index is 2.97. The fourth-order valence-electron chi connectivity index (χ4n) is 5.89. The molecule has 2 rings (SSSR count). The maximum absolute atomic E-state index is 7.45. The van der Waals surface area contributed by atoms with E-state index in [0.717, 1.165) is 0 Å². The van der Waals surface area contributed by atoms with E-state index in [4.69, 9.17) is 4.43 Å². The smallest absolute Gasteiger partial charge is 0.184 e. The number of allylic oxidation sites excluding steroid dienone is 1. The fraction of sp³-hybridized carbons (Fsp3) is 0.619. The first-order chi connectivity index (χ1) is 11.7. The molecule has 26 heavy (non-hydrogen) atoms. The summed E-state index contributed by atoms with van der Waals surface area (Å²) < 4.78 is 7.45. The Morgan fingerprint density at radius 1 is 0.885 bits per heavy atom. The molecule has 1 aromatic rings. The van der Waals surface area contributed by atoms with Crippen LogP contribution in [0.3, 0.4) is 0 Å². The molecule has 0 saturated heterocycles. The third kappa shape index (κ3) is 3.46. The van der Waals surface area contributed by atoms with Crippen molar-refractivity contribution in [3.63, 3.8) is 0 Å². The van der Waals surface area contributed by atoms with Crippen LogP contribution >= 0.6 is 0 Å². The summed E-state index contributed by atoms with van der Waals surface area (Å²) >= 11 is 0. The van der Waals surface area contributed by atoms with Gasteiger partial charge in [-0.3, -0.25) is 0 Å². The first-order valence-electron chi connectivity index (χ1n) is 10.1. The van der Waals surface area contributed by atoms with Gasteiger partial charge in [0.15, 0.2) is 8.32 Å². The quantitative estimate of drug-likeness (QED) is 0.377. The van der Waals surface area contributed by atoms with E-state index < -0.39 is 30.6 Å². The Morgan fingerprint density at radius 3 is 1.81 bits per heavy atom. The zero-order valence-electron chi connectivity index (χ0n) is 18.7. The molecule has 5 heteroatoms. The molecular formula is C21H40OSi4. The summed E-state index contributed by atoms with van der Waals surface area (Å²) in [6, 6.07) is 12.7. The molecule has 0 N–H and O–H groups in total. The first kappa shape index (κ1) is 22.1. The zero-order chi connectivity index (χ0) is 20.0. The topological polar surface area (TPSA) is 9.23 Å². The van der Waals surface area contributed by atoms with Crippen LogP contribution in [0.1, 0.15) is 12.5 Å². The molecule has 2 atom stereocenters. The molecule has 1 aliphatic rings. The molecule has 0 aliphatic carbocycles. The lowest BCUT2D eigenvalue weighted by atomic mass is 9.95. The lowest BCUT2D eigenvalue weighted by molar-refractivity contribution is 0.0981. The van der Waals surface area contributed by atoms with Crippen LogP contribution in [-0.4, -0.2) is 30.6 Å². The molecule has 0 bridgehead atoms. The summed E-state index contributed by atoms with van der Waals surface area (Å²) in [6.07, 6.45) is 5.01. The van der Waals surface area contributed by atoms with Gasteiger partial charge in [0.05, 0.1) is 12.3 Å². The SMILES string of the molecule is C[C@H]1C=CC[Si]([Si](C)(C)C)([Si](C)(C)C)[C@@]1(O[Si](C)(C)C)c1ccccc1. The number of hydrogen-bond acceptors (Lipinski definition) is 1. The second-order valence-corrected chi connectivity index (χ2v) is 43.2. The molecule has 1 aliphatic heterocycles. The maximum atomic E-state index is 7.45. The predicted octanol–water partition coefficient (Wildman–Crippen LogP) is 6.76. The minimum Gasteiger partial charge on any atom is -0.411 e. The highest BCUT2D eigenvalue weighted by Crippen LogP contribution is 2.55. The molecule has 146 valence electrons. The van der Waals surface area contributed by atoms with Gasteiger partial charge in [0.1, 0.15) is 0 Å². The summed E-state index contributed by atoms with van der Waals surface area (Å²) in [5.74, 6) is 0.454. The number of hydrogen-bond donors (Lipinski definition) is 0. The van der Waals surface area contributed by atoms with Crippen molar-refractivity contribution in [3.8, 4) is 0 Å². The van der Waals surface area contributed by atoms with Crippen molar-refractivity contribution in [1.29, 1.82) is 0 Å². The van der Waals surface area contributed by atoms with E-state index in [9.17, 15) is 0 Å². The molecular weight excluding hydrogens is 381 g/mol. The third-order valence-corrected chi connectivity index (χ3v) is 47.9. The molecule has 0 saturated carbocycles. The lowest BCUT2D eigenvalue weighted by Crippen LogP contribution is -2.84. The van der Waals surface area contributed by atoms with Crippen LogP contribution in [-0.2, 0) is 9.65 Å². The maximum Gasteiger partial charge on any atom is 0.184 e. The van der Waals surface area contributed by atoms with E-state index in [1.807, 2.05) is 0 Å².